The molecule has 0 N–H and O–H groups in total. The molecule has 1 heterocycles. The first kappa shape index (κ1) is 19.3. The van der Waals surface area contributed by atoms with Crippen molar-refractivity contribution in [2.24, 2.45) is 0 Å². The van der Waals surface area contributed by atoms with E-state index in [1.54, 1.807) is 26.0 Å². The summed E-state index contributed by atoms with van der Waals surface area (Å²) in [5, 5.41) is 10.2. The molecule has 140 valence electrons. The molecule has 5 nitrogen and oxygen atoms in total. The molecule has 0 aliphatic carbocycles. The molecule has 0 aliphatic heterocycles. The van der Waals surface area contributed by atoms with Gasteiger partial charge in [0, 0.05) is 22.9 Å². The second kappa shape index (κ2) is 8.97. The Kier molecular flexibility index (Phi) is 6.42. The number of ether oxygens (including phenoxy) is 2. The molecule has 0 saturated heterocycles. The Morgan fingerprint density at radius 3 is 2.63 bits per heavy atom. The van der Waals surface area contributed by atoms with Gasteiger partial charge in [0.25, 0.3) is 0 Å². The summed E-state index contributed by atoms with van der Waals surface area (Å²) in [6, 6.07) is 13.5. The summed E-state index contributed by atoms with van der Waals surface area (Å²) < 4.78 is 12.7. The van der Waals surface area contributed by atoms with E-state index in [9.17, 15) is 0 Å². The van der Waals surface area contributed by atoms with Crippen LogP contribution in [0.3, 0.4) is 0 Å². The molecule has 0 atom stereocenters. The van der Waals surface area contributed by atoms with Crippen molar-refractivity contribution in [2.45, 2.75) is 17.5 Å². The first-order valence-electron chi connectivity index (χ1n) is 8.30. The molecular weight excluding hydrogens is 382 g/mol. The van der Waals surface area contributed by atoms with Crippen LogP contribution in [-0.2, 0) is 12.3 Å². The Bertz CT molecular complexity index is 943. The summed E-state index contributed by atoms with van der Waals surface area (Å²) in [5.41, 5.74) is 2.03. The minimum Gasteiger partial charge on any atom is -0.493 e. The zero-order valence-corrected chi connectivity index (χ0v) is 16.8. The average Bonchev–Trinajstić information content (AvgIpc) is 3.09. The Morgan fingerprint density at radius 1 is 1.11 bits per heavy atom. The van der Waals surface area contributed by atoms with Crippen molar-refractivity contribution in [3.05, 3.63) is 65.7 Å². The third kappa shape index (κ3) is 4.46. The van der Waals surface area contributed by atoms with Gasteiger partial charge in [-0.1, -0.05) is 47.6 Å². The monoisotopic (exact) mass is 401 g/mol. The van der Waals surface area contributed by atoms with Crippen LogP contribution >= 0.6 is 23.4 Å². The van der Waals surface area contributed by atoms with Crippen LogP contribution in [-0.4, -0.2) is 29.0 Å². The largest absolute Gasteiger partial charge is 0.493 e. The van der Waals surface area contributed by atoms with Crippen molar-refractivity contribution in [3.63, 3.8) is 0 Å². The number of nitrogens with zero attached hydrogens (tertiary/aromatic N) is 3. The number of aromatic nitrogens is 3. The van der Waals surface area contributed by atoms with E-state index in [0.717, 1.165) is 27.9 Å². The van der Waals surface area contributed by atoms with Crippen LogP contribution in [0, 0.1) is 0 Å². The summed E-state index contributed by atoms with van der Waals surface area (Å²) in [4.78, 5) is 0. The minimum absolute atomic E-state index is 0.614. The van der Waals surface area contributed by atoms with Gasteiger partial charge in [-0.2, -0.15) is 0 Å². The predicted octanol–water partition coefficient (Wildman–Crippen LogP) is 5.09. The molecule has 7 heteroatoms. The molecule has 3 rings (SSSR count). The Labute approximate surface area is 168 Å². The number of rotatable bonds is 8. The van der Waals surface area contributed by atoms with Gasteiger partial charge in [-0.15, -0.1) is 16.8 Å². The van der Waals surface area contributed by atoms with Crippen molar-refractivity contribution in [1.29, 1.82) is 0 Å². The summed E-state index contributed by atoms with van der Waals surface area (Å²) >= 11 is 7.73. The Hall–Kier alpha value is -2.44. The van der Waals surface area contributed by atoms with Gasteiger partial charge in [-0.05, 0) is 29.8 Å². The van der Waals surface area contributed by atoms with Gasteiger partial charge in [-0.3, -0.25) is 4.57 Å². The minimum atomic E-state index is 0.614. The van der Waals surface area contributed by atoms with Gasteiger partial charge >= 0.3 is 0 Å². The first-order chi connectivity index (χ1) is 13.2. The Morgan fingerprint density at radius 2 is 1.93 bits per heavy atom. The fraction of sp³-hybridized carbons (Fsp3) is 0.200. The van der Waals surface area contributed by atoms with E-state index in [2.05, 4.69) is 16.8 Å². The highest BCUT2D eigenvalue weighted by atomic mass is 35.5. The number of benzene rings is 2. The highest BCUT2D eigenvalue weighted by Crippen LogP contribution is 2.31. The van der Waals surface area contributed by atoms with Crippen LogP contribution in [0.4, 0.5) is 0 Å². The van der Waals surface area contributed by atoms with Crippen LogP contribution in [0.25, 0.3) is 11.4 Å². The van der Waals surface area contributed by atoms with Crippen LogP contribution in [0.5, 0.6) is 11.5 Å². The van der Waals surface area contributed by atoms with E-state index < -0.39 is 0 Å². The lowest BCUT2D eigenvalue weighted by Crippen LogP contribution is -2.00. The highest BCUT2D eigenvalue weighted by Gasteiger charge is 2.14. The van der Waals surface area contributed by atoms with Crippen molar-refractivity contribution in [1.82, 2.24) is 14.8 Å². The van der Waals surface area contributed by atoms with Gasteiger partial charge in [-0.25, -0.2) is 0 Å². The zero-order chi connectivity index (χ0) is 19.2. The fourth-order valence-corrected chi connectivity index (χ4v) is 3.73. The van der Waals surface area contributed by atoms with E-state index in [-0.39, 0.29) is 0 Å². The lowest BCUT2D eigenvalue weighted by molar-refractivity contribution is 0.354. The van der Waals surface area contributed by atoms with Crippen LogP contribution in [0.15, 0.2) is 60.3 Å². The summed E-state index contributed by atoms with van der Waals surface area (Å²) in [7, 11) is 3.26. The lowest BCUT2D eigenvalue weighted by atomic mass is 10.2. The number of hydrogen-bond acceptors (Lipinski definition) is 5. The lowest BCUT2D eigenvalue weighted by Gasteiger charge is -2.10. The number of allylic oxidation sites excluding steroid dienone is 1. The highest BCUT2D eigenvalue weighted by molar-refractivity contribution is 7.98. The fourth-order valence-electron chi connectivity index (χ4n) is 2.65. The molecule has 0 unspecified atom stereocenters. The topological polar surface area (TPSA) is 49.2 Å². The van der Waals surface area contributed by atoms with Crippen molar-refractivity contribution in [2.75, 3.05) is 14.2 Å². The van der Waals surface area contributed by atoms with Crippen molar-refractivity contribution < 1.29 is 9.47 Å². The standard InChI is InChI=1S/C20H20ClN3O2S/c1-4-10-24-19(15-6-5-7-16(21)12-15)22-23-20(24)27-13-14-8-9-17(25-2)18(11-14)26-3/h4-9,11-12H,1,10,13H2,2-3H3. The SMILES string of the molecule is C=CCn1c(SCc2ccc(OC)c(OC)c2)nnc1-c1cccc(Cl)c1. The zero-order valence-electron chi connectivity index (χ0n) is 15.2. The molecule has 27 heavy (non-hydrogen) atoms. The molecule has 1 aromatic heterocycles. The van der Waals surface area contributed by atoms with E-state index in [4.69, 9.17) is 21.1 Å². The molecule has 0 saturated carbocycles. The molecule has 0 spiro atoms. The molecule has 2 aromatic carbocycles. The van der Waals surface area contributed by atoms with Crippen LogP contribution in [0.2, 0.25) is 5.02 Å². The maximum atomic E-state index is 6.12. The number of methoxy groups -OCH3 is 2. The van der Waals surface area contributed by atoms with E-state index in [1.807, 2.05) is 53.1 Å². The number of hydrogen-bond donors (Lipinski definition) is 0. The van der Waals surface area contributed by atoms with Gasteiger partial charge in [0.15, 0.2) is 22.5 Å². The quantitative estimate of drug-likeness (QED) is 0.388. The number of thioether (sulfide) groups is 1. The maximum Gasteiger partial charge on any atom is 0.192 e. The summed E-state index contributed by atoms with van der Waals surface area (Å²) in [6.45, 7) is 4.46. The van der Waals surface area contributed by atoms with Crippen molar-refractivity contribution in [3.8, 4) is 22.9 Å². The predicted molar refractivity (Wildman–Crippen MR) is 110 cm³/mol. The third-order valence-corrected chi connectivity index (χ3v) is 5.20. The van der Waals surface area contributed by atoms with E-state index >= 15 is 0 Å². The molecule has 0 radical (unpaired) electrons. The third-order valence-electron chi connectivity index (χ3n) is 3.93. The maximum absolute atomic E-state index is 6.12. The number of halogens is 1. The van der Waals surface area contributed by atoms with Crippen molar-refractivity contribution >= 4 is 23.4 Å². The smallest absolute Gasteiger partial charge is 0.192 e. The molecule has 0 fully saturated rings. The molecule has 0 bridgehead atoms. The molecule has 0 aliphatic rings. The average molecular weight is 402 g/mol. The van der Waals surface area contributed by atoms with E-state index in [0.29, 0.717) is 23.1 Å². The van der Waals surface area contributed by atoms with E-state index in [1.165, 1.54) is 0 Å². The van der Waals surface area contributed by atoms with Gasteiger partial charge in [0.2, 0.25) is 0 Å². The second-order valence-electron chi connectivity index (χ2n) is 5.69. The van der Waals surface area contributed by atoms with Crippen LogP contribution in [0.1, 0.15) is 5.56 Å². The molecular formula is C20H20ClN3O2S. The Balaban J connectivity index is 1.84. The summed E-state index contributed by atoms with van der Waals surface area (Å²) in [6.07, 6.45) is 1.83. The molecule has 0 amide bonds. The van der Waals surface area contributed by atoms with Gasteiger partial charge in [0.1, 0.15) is 0 Å². The van der Waals surface area contributed by atoms with Gasteiger partial charge in [0.05, 0.1) is 14.2 Å². The van der Waals surface area contributed by atoms with Gasteiger partial charge < -0.3 is 9.47 Å². The normalized spacial score (nSPS) is 10.6. The van der Waals surface area contributed by atoms with Crippen LogP contribution < -0.4 is 9.47 Å². The second-order valence-corrected chi connectivity index (χ2v) is 7.07. The summed E-state index contributed by atoms with van der Waals surface area (Å²) in [5.74, 6) is 2.92. The first-order valence-corrected chi connectivity index (χ1v) is 9.66. The molecule has 3 aromatic rings.